The van der Waals surface area contributed by atoms with E-state index in [1.807, 2.05) is 26.0 Å². The summed E-state index contributed by atoms with van der Waals surface area (Å²) in [5.41, 5.74) is 6.05. The molecule has 3 N–H and O–H groups in total. The quantitative estimate of drug-likeness (QED) is 0.839. The fraction of sp³-hybridized carbons (Fsp3) is 0.615. The molecular weight excluding hydrogens is 214 g/mol. The summed E-state index contributed by atoms with van der Waals surface area (Å²) in [6, 6.07) is 4.37. The van der Waals surface area contributed by atoms with Crippen LogP contribution in [0.3, 0.4) is 0 Å². The Morgan fingerprint density at radius 3 is 2.94 bits per heavy atom. The van der Waals surface area contributed by atoms with Crippen LogP contribution in [0.5, 0.6) is 5.75 Å². The van der Waals surface area contributed by atoms with Crippen molar-refractivity contribution < 1.29 is 4.74 Å². The van der Waals surface area contributed by atoms with Gasteiger partial charge in [-0.05, 0) is 45.2 Å². The highest BCUT2D eigenvalue weighted by Crippen LogP contribution is 2.27. The lowest BCUT2D eigenvalue weighted by atomic mass is 10.2. The van der Waals surface area contributed by atoms with E-state index in [2.05, 4.69) is 10.3 Å². The molecule has 2 unspecified atom stereocenters. The van der Waals surface area contributed by atoms with Gasteiger partial charge in [0, 0.05) is 18.3 Å². The van der Waals surface area contributed by atoms with Crippen LogP contribution in [-0.2, 0) is 0 Å². The Kier molecular flexibility index (Phi) is 3.84. The van der Waals surface area contributed by atoms with Crippen molar-refractivity contribution in [3.8, 4) is 5.75 Å². The van der Waals surface area contributed by atoms with Gasteiger partial charge in [-0.25, -0.2) is 4.98 Å². The molecule has 1 heterocycles. The lowest BCUT2D eigenvalue weighted by Crippen LogP contribution is -2.35. The van der Waals surface area contributed by atoms with Crippen LogP contribution in [0.1, 0.15) is 33.1 Å². The van der Waals surface area contributed by atoms with Gasteiger partial charge >= 0.3 is 0 Å². The summed E-state index contributed by atoms with van der Waals surface area (Å²) in [4.78, 5) is 4.34. The smallest absolute Gasteiger partial charge is 0.169 e. The number of nitrogens with zero attached hydrogens (tertiary/aromatic N) is 1. The van der Waals surface area contributed by atoms with Crippen LogP contribution in [0.25, 0.3) is 0 Å². The zero-order valence-corrected chi connectivity index (χ0v) is 10.5. The van der Waals surface area contributed by atoms with Crippen molar-refractivity contribution in [1.82, 2.24) is 4.98 Å². The predicted octanol–water partition coefficient (Wildman–Crippen LogP) is 2.16. The molecule has 1 aromatic rings. The fourth-order valence-corrected chi connectivity index (χ4v) is 2.19. The maximum Gasteiger partial charge on any atom is 0.169 e. The van der Waals surface area contributed by atoms with E-state index in [4.69, 9.17) is 10.5 Å². The van der Waals surface area contributed by atoms with E-state index < -0.39 is 0 Å². The maximum absolute atomic E-state index is 6.05. The number of ether oxygens (including phenoxy) is 1. The minimum atomic E-state index is 0.150. The van der Waals surface area contributed by atoms with Gasteiger partial charge in [-0.2, -0.15) is 0 Å². The lowest BCUT2D eigenvalue weighted by Gasteiger charge is -2.20. The van der Waals surface area contributed by atoms with Gasteiger partial charge in [0.1, 0.15) is 0 Å². The van der Waals surface area contributed by atoms with Crippen LogP contribution in [-0.4, -0.2) is 23.2 Å². The molecule has 0 spiro atoms. The van der Waals surface area contributed by atoms with Gasteiger partial charge in [-0.1, -0.05) is 0 Å². The molecule has 0 amide bonds. The van der Waals surface area contributed by atoms with Crippen LogP contribution in [0.2, 0.25) is 0 Å². The molecule has 0 saturated heterocycles. The Balaban J connectivity index is 2.09. The number of pyridine rings is 1. The van der Waals surface area contributed by atoms with Gasteiger partial charge in [-0.15, -0.1) is 0 Å². The number of nitrogens with two attached hydrogens (primary N) is 1. The molecule has 94 valence electrons. The topological polar surface area (TPSA) is 60.2 Å². The number of hydrogen-bond donors (Lipinski definition) is 2. The van der Waals surface area contributed by atoms with E-state index in [9.17, 15) is 0 Å². The maximum atomic E-state index is 6.05. The molecule has 2 atom stereocenters. The predicted molar refractivity (Wildman–Crippen MR) is 69.2 cm³/mol. The second-order valence-electron chi connectivity index (χ2n) is 4.86. The van der Waals surface area contributed by atoms with E-state index in [0.29, 0.717) is 6.04 Å². The monoisotopic (exact) mass is 235 g/mol. The van der Waals surface area contributed by atoms with Crippen LogP contribution < -0.4 is 15.8 Å². The molecule has 0 aromatic carbocycles. The molecule has 0 radical (unpaired) electrons. The van der Waals surface area contributed by atoms with Crippen molar-refractivity contribution in [3.63, 3.8) is 0 Å². The molecular formula is C13H21N3O. The van der Waals surface area contributed by atoms with Gasteiger partial charge in [0.05, 0.1) is 6.10 Å². The zero-order valence-electron chi connectivity index (χ0n) is 10.5. The largest absolute Gasteiger partial charge is 0.487 e. The van der Waals surface area contributed by atoms with Gasteiger partial charge in [-0.3, -0.25) is 0 Å². The Morgan fingerprint density at radius 1 is 1.47 bits per heavy atom. The van der Waals surface area contributed by atoms with Gasteiger partial charge in [0.2, 0.25) is 0 Å². The Morgan fingerprint density at radius 2 is 2.29 bits per heavy atom. The number of aromatic nitrogens is 1. The van der Waals surface area contributed by atoms with Crippen molar-refractivity contribution in [1.29, 1.82) is 0 Å². The lowest BCUT2D eigenvalue weighted by molar-refractivity contribution is 0.242. The Labute approximate surface area is 103 Å². The number of rotatable bonds is 4. The summed E-state index contributed by atoms with van der Waals surface area (Å²) in [6.45, 7) is 4.02. The molecule has 4 nitrogen and oxygen atoms in total. The van der Waals surface area contributed by atoms with Crippen molar-refractivity contribution >= 4 is 5.82 Å². The summed E-state index contributed by atoms with van der Waals surface area (Å²) in [5, 5.41) is 3.40. The molecule has 2 rings (SSSR count). The molecule has 1 aromatic heterocycles. The highest BCUT2D eigenvalue weighted by atomic mass is 16.5. The second kappa shape index (κ2) is 5.36. The minimum absolute atomic E-state index is 0.150. The van der Waals surface area contributed by atoms with Gasteiger partial charge < -0.3 is 15.8 Å². The van der Waals surface area contributed by atoms with E-state index in [1.54, 1.807) is 6.20 Å². The van der Waals surface area contributed by atoms with Crippen LogP contribution >= 0.6 is 0 Å². The van der Waals surface area contributed by atoms with E-state index in [1.165, 1.54) is 6.42 Å². The first kappa shape index (κ1) is 12.2. The fourth-order valence-electron chi connectivity index (χ4n) is 2.19. The highest BCUT2D eigenvalue weighted by Gasteiger charge is 2.24. The summed E-state index contributed by atoms with van der Waals surface area (Å²) in [5.74, 6) is 1.62. The van der Waals surface area contributed by atoms with E-state index in [0.717, 1.165) is 24.4 Å². The van der Waals surface area contributed by atoms with Gasteiger partial charge in [0.25, 0.3) is 0 Å². The minimum Gasteiger partial charge on any atom is -0.487 e. The van der Waals surface area contributed by atoms with Crippen molar-refractivity contribution in [2.24, 2.45) is 5.73 Å². The van der Waals surface area contributed by atoms with Crippen molar-refractivity contribution in [2.45, 2.75) is 51.3 Å². The molecule has 1 saturated carbocycles. The number of hydrogen-bond acceptors (Lipinski definition) is 4. The van der Waals surface area contributed by atoms with Crippen molar-refractivity contribution in [2.75, 3.05) is 5.32 Å². The summed E-state index contributed by atoms with van der Waals surface area (Å²) in [6.07, 6.45) is 5.31. The third-order valence-corrected chi connectivity index (χ3v) is 3.02. The average molecular weight is 235 g/mol. The highest BCUT2D eigenvalue weighted by molar-refractivity contribution is 5.50. The first-order chi connectivity index (χ1) is 8.16. The Bertz CT molecular complexity index is 367. The average Bonchev–Trinajstić information content (AvgIpc) is 2.67. The first-order valence-corrected chi connectivity index (χ1v) is 6.30. The molecule has 0 aliphatic heterocycles. The van der Waals surface area contributed by atoms with E-state index >= 15 is 0 Å². The summed E-state index contributed by atoms with van der Waals surface area (Å²) >= 11 is 0. The molecule has 1 aliphatic rings. The molecule has 0 bridgehead atoms. The standard InChI is InChI=1S/C13H21N3O/c1-9(2)17-12-7-4-8-15-13(12)16-11-6-3-5-10(11)14/h4,7-11H,3,5-6,14H2,1-2H3,(H,15,16). The molecule has 4 heteroatoms. The Hall–Kier alpha value is -1.29. The molecule has 1 aliphatic carbocycles. The van der Waals surface area contributed by atoms with Gasteiger partial charge in [0.15, 0.2) is 11.6 Å². The number of nitrogens with one attached hydrogen (secondary N) is 1. The van der Waals surface area contributed by atoms with Crippen LogP contribution in [0.4, 0.5) is 5.82 Å². The number of anilines is 1. The normalized spacial score (nSPS) is 24.0. The van der Waals surface area contributed by atoms with Crippen LogP contribution in [0, 0.1) is 0 Å². The third kappa shape index (κ3) is 3.09. The van der Waals surface area contributed by atoms with E-state index in [-0.39, 0.29) is 12.1 Å². The van der Waals surface area contributed by atoms with Crippen LogP contribution in [0.15, 0.2) is 18.3 Å². The molecule has 1 fully saturated rings. The second-order valence-corrected chi connectivity index (χ2v) is 4.86. The summed E-state index contributed by atoms with van der Waals surface area (Å²) < 4.78 is 5.73. The molecule has 17 heavy (non-hydrogen) atoms. The SMILES string of the molecule is CC(C)Oc1cccnc1NC1CCCC1N. The zero-order chi connectivity index (χ0) is 12.3. The third-order valence-electron chi connectivity index (χ3n) is 3.02. The van der Waals surface area contributed by atoms with Crippen molar-refractivity contribution in [3.05, 3.63) is 18.3 Å². The summed E-state index contributed by atoms with van der Waals surface area (Å²) in [7, 11) is 0. The first-order valence-electron chi connectivity index (χ1n) is 6.30.